The van der Waals surface area contributed by atoms with E-state index >= 15 is 0 Å². The standard InChI is InChI=1S/C12H7F3N2O2S/c13-12(14,15)11(18,19)10-17-7-9(20-10)5-4-8-3-1-2-6-16-8/h1-3,6-7,18-19H. The van der Waals surface area contributed by atoms with Crippen LogP contribution in [0.1, 0.15) is 15.6 Å². The van der Waals surface area contributed by atoms with Crippen LogP contribution in [0, 0.1) is 11.8 Å². The van der Waals surface area contributed by atoms with Crippen LogP contribution in [0.5, 0.6) is 0 Å². The number of nitrogens with zero attached hydrogens (tertiary/aromatic N) is 2. The third kappa shape index (κ3) is 2.96. The predicted octanol–water partition coefficient (Wildman–Crippen LogP) is 1.64. The molecule has 0 amide bonds. The van der Waals surface area contributed by atoms with Gasteiger partial charge in [-0.05, 0) is 24.0 Å². The zero-order valence-electron chi connectivity index (χ0n) is 9.72. The summed E-state index contributed by atoms with van der Waals surface area (Å²) in [5.74, 6) is 1.22. The third-order valence-corrected chi connectivity index (χ3v) is 3.19. The van der Waals surface area contributed by atoms with Gasteiger partial charge in [0.1, 0.15) is 5.69 Å². The highest BCUT2D eigenvalue weighted by Crippen LogP contribution is 2.38. The van der Waals surface area contributed by atoms with Crippen LogP contribution >= 0.6 is 11.3 Å². The first kappa shape index (κ1) is 14.5. The first-order valence-electron chi connectivity index (χ1n) is 5.21. The van der Waals surface area contributed by atoms with E-state index in [1.807, 2.05) is 0 Å². The highest BCUT2D eigenvalue weighted by atomic mass is 32.1. The number of aromatic nitrogens is 2. The zero-order valence-corrected chi connectivity index (χ0v) is 10.5. The topological polar surface area (TPSA) is 66.2 Å². The average Bonchev–Trinajstić information content (AvgIpc) is 2.85. The molecule has 20 heavy (non-hydrogen) atoms. The van der Waals surface area contributed by atoms with Gasteiger partial charge in [-0.1, -0.05) is 6.07 Å². The summed E-state index contributed by atoms with van der Waals surface area (Å²) in [6.45, 7) is 0. The van der Waals surface area contributed by atoms with E-state index in [4.69, 9.17) is 10.2 Å². The van der Waals surface area contributed by atoms with E-state index in [1.54, 1.807) is 18.2 Å². The summed E-state index contributed by atoms with van der Waals surface area (Å²) in [7, 11) is 0. The van der Waals surface area contributed by atoms with Gasteiger partial charge in [0.2, 0.25) is 0 Å². The quantitative estimate of drug-likeness (QED) is 0.620. The van der Waals surface area contributed by atoms with Gasteiger partial charge < -0.3 is 10.2 Å². The molecule has 4 nitrogen and oxygen atoms in total. The molecule has 2 aromatic rings. The minimum absolute atomic E-state index is 0.169. The Morgan fingerprint density at radius 2 is 1.85 bits per heavy atom. The van der Waals surface area contributed by atoms with Gasteiger partial charge in [-0.3, -0.25) is 0 Å². The molecule has 0 radical (unpaired) electrons. The Balaban J connectivity index is 2.25. The van der Waals surface area contributed by atoms with E-state index in [0.29, 0.717) is 17.0 Å². The van der Waals surface area contributed by atoms with Crippen LogP contribution in [0.4, 0.5) is 13.2 Å². The zero-order chi connectivity index (χ0) is 14.8. The predicted molar refractivity (Wildman–Crippen MR) is 64.5 cm³/mol. The summed E-state index contributed by atoms with van der Waals surface area (Å²) in [5, 5.41) is 17.2. The maximum Gasteiger partial charge on any atom is 0.450 e. The molecule has 104 valence electrons. The Morgan fingerprint density at radius 1 is 1.10 bits per heavy atom. The largest absolute Gasteiger partial charge is 0.450 e. The summed E-state index contributed by atoms with van der Waals surface area (Å²) in [6, 6.07) is 5.05. The first-order chi connectivity index (χ1) is 9.30. The fourth-order valence-electron chi connectivity index (χ4n) is 1.18. The van der Waals surface area contributed by atoms with Gasteiger partial charge in [-0.2, -0.15) is 13.2 Å². The van der Waals surface area contributed by atoms with Crippen molar-refractivity contribution in [2.45, 2.75) is 12.0 Å². The number of hydrogen-bond acceptors (Lipinski definition) is 5. The molecule has 0 aliphatic rings. The molecule has 0 bridgehead atoms. The smallest absolute Gasteiger partial charge is 0.353 e. The van der Waals surface area contributed by atoms with E-state index < -0.39 is 17.0 Å². The Morgan fingerprint density at radius 3 is 2.45 bits per heavy atom. The molecule has 2 aromatic heterocycles. The van der Waals surface area contributed by atoms with E-state index in [9.17, 15) is 13.2 Å². The Hall–Kier alpha value is -1.95. The number of pyridine rings is 1. The molecular weight excluding hydrogens is 293 g/mol. The van der Waals surface area contributed by atoms with E-state index in [-0.39, 0.29) is 4.88 Å². The number of thiazole rings is 1. The lowest BCUT2D eigenvalue weighted by molar-refractivity contribution is -0.358. The summed E-state index contributed by atoms with van der Waals surface area (Å²) in [5.41, 5.74) is 0.442. The average molecular weight is 300 g/mol. The molecule has 0 unspecified atom stereocenters. The van der Waals surface area contributed by atoms with E-state index in [1.165, 1.54) is 6.20 Å². The lowest BCUT2D eigenvalue weighted by atomic mass is 10.3. The molecule has 0 fully saturated rings. The van der Waals surface area contributed by atoms with Crippen molar-refractivity contribution in [2.75, 3.05) is 0 Å². The number of rotatable bonds is 1. The van der Waals surface area contributed by atoms with Gasteiger partial charge in [0.25, 0.3) is 0 Å². The minimum Gasteiger partial charge on any atom is -0.353 e. The van der Waals surface area contributed by atoms with Crippen LogP contribution < -0.4 is 0 Å². The van der Waals surface area contributed by atoms with Crippen molar-refractivity contribution in [3.05, 3.63) is 46.2 Å². The van der Waals surface area contributed by atoms with Gasteiger partial charge in [0.15, 0.2) is 5.01 Å². The van der Waals surface area contributed by atoms with Crippen molar-refractivity contribution in [3.8, 4) is 11.8 Å². The fraction of sp³-hybridized carbons (Fsp3) is 0.167. The molecule has 0 saturated carbocycles. The molecule has 0 saturated heterocycles. The second-order valence-corrected chi connectivity index (χ2v) is 4.70. The lowest BCUT2D eigenvalue weighted by Crippen LogP contribution is -2.41. The number of hydrogen-bond donors (Lipinski definition) is 2. The normalized spacial score (nSPS) is 11.8. The first-order valence-corrected chi connectivity index (χ1v) is 6.03. The van der Waals surface area contributed by atoms with Crippen LogP contribution in [0.3, 0.4) is 0 Å². The van der Waals surface area contributed by atoms with Crippen molar-refractivity contribution in [3.63, 3.8) is 0 Å². The fourth-order valence-corrected chi connectivity index (χ4v) is 1.96. The molecule has 8 heteroatoms. The molecule has 0 spiro atoms. The van der Waals surface area contributed by atoms with Crippen LogP contribution in [0.25, 0.3) is 0 Å². The Kier molecular flexibility index (Phi) is 3.76. The number of halogens is 3. The lowest BCUT2D eigenvalue weighted by Gasteiger charge is -2.21. The van der Waals surface area contributed by atoms with Gasteiger partial charge in [0, 0.05) is 6.20 Å². The SMILES string of the molecule is OC(O)(c1ncc(C#Cc2ccccn2)s1)C(F)(F)F. The van der Waals surface area contributed by atoms with Gasteiger partial charge in [-0.15, -0.1) is 11.3 Å². The van der Waals surface area contributed by atoms with Crippen molar-refractivity contribution >= 4 is 11.3 Å². The second kappa shape index (κ2) is 5.20. The van der Waals surface area contributed by atoms with Crippen molar-refractivity contribution in [2.24, 2.45) is 0 Å². The summed E-state index contributed by atoms with van der Waals surface area (Å²) in [4.78, 5) is 7.43. The van der Waals surface area contributed by atoms with Gasteiger partial charge in [0.05, 0.1) is 11.1 Å². The molecule has 2 rings (SSSR count). The Labute approximate surface area is 115 Å². The minimum atomic E-state index is -5.23. The molecule has 0 aliphatic carbocycles. The van der Waals surface area contributed by atoms with Crippen molar-refractivity contribution in [1.82, 2.24) is 9.97 Å². The molecule has 0 atom stereocenters. The second-order valence-electron chi connectivity index (χ2n) is 3.66. The maximum absolute atomic E-state index is 12.4. The highest BCUT2D eigenvalue weighted by molar-refractivity contribution is 7.12. The Bertz CT molecular complexity index is 657. The molecule has 2 heterocycles. The van der Waals surface area contributed by atoms with Crippen molar-refractivity contribution in [1.29, 1.82) is 0 Å². The summed E-state index contributed by atoms with van der Waals surface area (Å²) >= 11 is 0.453. The van der Waals surface area contributed by atoms with Crippen LogP contribution in [0.2, 0.25) is 0 Å². The molecular formula is C12H7F3N2O2S. The highest BCUT2D eigenvalue weighted by Gasteiger charge is 2.56. The maximum atomic E-state index is 12.4. The number of aliphatic hydroxyl groups is 2. The number of alkyl halides is 3. The van der Waals surface area contributed by atoms with Gasteiger partial charge in [-0.25, -0.2) is 9.97 Å². The van der Waals surface area contributed by atoms with E-state index in [0.717, 1.165) is 6.20 Å². The molecule has 0 aromatic carbocycles. The molecule has 2 N–H and O–H groups in total. The third-order valence-electron chi connectivity index (χ3n) is 2.18. The summed E-state index contributed by atoms with van der Waals surface area (Å²) in [6.07, 6.45) is -2.66. The van der Waals surface area contributed by atoms with E-state index in [2.05, 4.69) is 21.8 Å². The molecule has 0 aliphatic heterocycles. The van der Waals surface area contributed by atoms with Gasteiger partial charge >= 0.3 is 12.0 Å². The van der Waals surface area contributed by atoms with Crippen LogP contribution in [0.15, 0.2) is 30.6 Å². The monoisotopic (exact) mass is 300 g/mol. The van der Waals surface area contributed by atoms with Crippen molar-refractivity contribution < 1.29 is 23.4 Å². The van der Waals surface area contributed by atoms with Crippen LogP contribution in [-0.4, -0.2) is 26.4 Å². The summed E-state index contributed by atoms with van der Waals surface area (Å²) < 4.78 is 37.2. The van der Waals surface area contributed by atoms with Crippen LogP contribution in [-0.2, 0) is 5.79 Å².